The highest BCUT2D eigenvalue weighted by Gasteiger charge is 2.29. The van der Waals surface area contributed by atoms with Crippen LogP contribution in [0, 0.1) is 0 Å². The van der Waals surface area contributed by atoms with Crippen molar-refractivity contribution in [3.8, 4) is 0 Å². The zero-order valence-corrected chi connectivity index (χ0v) is 17.8. The fourth-order valence-corrected chi connectivity index (χ4v) is 3.52. The maximum atomic E-state index is 12.9. The molecule has 1 aliphatic heterocycles. The quantitative estimate of drug-likeness (QED) is 0.631. The Balaban J connectivity index is 1.74. The van der Waals surface area contributed by atoms with E-state index in [0.717, 1.165) is 10.0 Å². The predicted molar refractivity (Wildman–Crippen MR) is 118 cm³/mol. The van der Waals surface area contributed by atoms with Crippen molar-refractivity contribution in [3.63, 3.8) is 0 Å². The summed E-state index contributed by atoms with van der Waals surface area (Å²) in [7, 11) is 0. The van der Waals surface area contributed by atoms with Crippen molar-refractivity contribution in [1.82, 2.24) is 10.2 Å². The van der Waals surface area contributed by atoms with Crippen LogP contribution in [0.15, 0.2) is 65.1 Å². The van der Waals surface area contributed by atoms with Crippen LogP contribution in [0.25, 0.3) is 6.08 Å². The molecule has 30 heavy (non-hydrogen) atoms. The Morgan fingerprint density at radius 1 is 1.13 bits per heavy atom. The second kappa shape index (κ2) is 10.1. The number of benzene rings is 2. The fourth-order valence-electron chi connectivity index (χ4n) is 3.25. The summed E-state index contributed by atoms with van der Waals surface area (Å²) in [5, 5.41) is 11.3. The van der Waals surface area contributed by atoms with E-state index in [2.05, 4.69) is 21.2 Å². The van der Waals surface area contributed by atoms with Gasteiger partial charge in [-0.15, -0.1) is 0 Å². The van der Waals surface area contributed by atoms with Gasteiger partial charge in [-0.25, -0.2) is 4.79 Å². The highest BCUT2D eigenvalue weighted by Crippen LogP contribution is 2.20. The Kier molecular flexibility index (Phi) is 7.24. The molecule has 8 heteroatoms. The summed E-state index contributed by atoms with van der Waals surface area (Å²) >= 11 is 3.38. The normalized spacial score (nSPS) is 15.9. The van der Waals surface area contributed by atoms with Crippen molar-refractivity contribution in [2.24, 2.45) is 0 Å². The van der Waals surface area contributed by atoms with Gasteiger partial charge >= 0.3 is 6.09 Å². The molecule has 2 aromatic rings. The van der Waals surface area contributed by atoms with E-state index in [1.54, 1.807) is 23.1 Å². The summed E-state index contributed by atoms with van der Waals surface area (Å²) in [5.41, 5.74) is 1.49. The molecule has 0 saturated carbocycles. The minimum absolute atomic E-state index is 0.126. The average Bonchev–Trinajstić information content (AvgIpc) is 3.19. The monoisotopic (exact) mass is 471 g/mol. The van der Waals surface area contributed by atoms with E-state index < -0.39 is 6.09 Å². The molecule has 1 atom stereocenters. The number of hydrogen-bond donors (Lipinski definition) is 2. The molecule has 0 unspecified atom stereocenters. The van der Waals surface area contributed by atoms with Gasteiger partial charge in [0.25, 0.3) is 5.91 Å². The molecular weight excluding hydrogens is 450 g/mol. The number of halogens is 1. The highest BCUT2D eigenvalue weighted by molar-refractivity contribution is 9.10. The molecule has 2 N–H and O–H groups in total. The minimum atomic E-state index is -1.10. The lowest BCUT2D eigenvalue weighted by atomic mass is 10.2. The number of nitrogens with zero attached hydrogens (tertiary/aromatic N) is 2. The van der Waals surface area contributed by atoms with Gasteiger partial charge in [-0.1, -0.05) is 46.3 Å². The van der Waals surface area contributed by atoms with Crippen LogP contribution in [0.3, 0.4) is 0 Å². The largest absolute Gasteiger partial charge is 0.465 e. The molecule has 0 aliphatic carbocycles. The van der Waals surface area contributed by atoms with Crippen LogP contribution in [0.5, 0.6) is 0 Å². The summed E-state index contributed by atoms with van der Waals surface area (Å²) < 4.78 is 0.868. The topological polar surface area (TPSA) is 89.9 Å². The van der Waals surface area contributed by atoms with Gasteiger partial charge in [0.05, 0.1) is 6.04 Å². The SMILES string of the molecule is O=C(O)N[C@H]1CCN(C(=O)CN(C(=O)C=Cc2ccccc2)c2ccc(Br)cc2)C1. The third kappa shape index (κ3) is 5.93. The maximum absolute atomic E-state index is 12.9. The third-order valence-corrected chi connectivity index (χ3v) is 5.31. The maximum Gasteiger partial charge on any atom is 0.404 e. The zero-order valence-electron chi connectivity index (χ0n) is 16.2. The molecule has 3 amide bonds. The van der Waals surface area contributed by atoms with Crippen molar-refractivity contribution in [2.75, 3.05) is 24.5 Å². The van der Waals surface area contributed by atoms with E-state index in [4.69, 9.17) is 5.11 Å². The number of carbonyl (C=O) groups excluding carboxylic acids is 2. The number of hydrogen-bond acceptors (Lipinski definition) is 3. The number of amides is 3. The van der Waals surface area contributed by atoms with Gasteiger partial charge in [0.15, 0.2) is 0 Å². The Labute approximate surface area is 183 Å². The van der Waals surface area contributed by atoms with Crippen molar-refractivity contribution in [1.29, 1.82) is 0 Å². The number of carbonyl (C=O) groups is 3. The number of nitrogens with one attached hydrogen (secondary N) is 1. The van der Waals surface area contributed by atoms with Gasteiger partial charge in [-0.3, -0.25) is 14.5 Å². The molecule has 156 valence electrons. The first-order valence-corrected chi connectivity index (χ1v) is 10.3. The first-order chi connectivity index (χ1) is 14.4. The van der Waals surface area contributed by atoms with Crippen molar-refractivity contribution >= 4 is 45.6 Å². The summed E-state index contributed by atoms with van der Waals surface area (Å²) in [4.78, 5) is 39.6. The van der Waals surface area contributed by atoms with Gasteiger partial charge in [0.2, 0.25) is 5.91 Å². The molecule has 7 nitrogen and oxygen atoms in total. The van der Waals surface area contributed by atoms with Crippen molar-refractivity contribution in [3.05, 3.63) is 70.7 Å². The van der Waals surface area contributed by atoms with E-state index in [1.165, 1.54) is 11.0 Å². The van der Waals surface area contributed by atoms with Crippen molar-refractivity contribution in [2.45, 2.75) is 12.5 Å². The molecule has 3 rings (SSSR count). The van der Waals surface area contributed by atoms with Gasteiger partial charge in [-0.05, 0) is 42.3 Å². The second-order valence-corrected chi connectivity index (χ2v) is 7.84. The summed E-state index contributed by atoms with van der Waals surface area (Å²) in [6.45, 7) is 0.624. The molecule has 1 saturated heterocycles. The Bertz CT molecular complexity index is 931. The highest BCUT2D eigenvalue weighted by atomic mass is 79.9. The molecular formula is C22H22BrN3O4. The van der Waals surface area contributed by atoms with Gasteiger partial charge in [-0.2, -0.15) is 0 Å². The van der Waals surface area contributed by atoms with Crippen LogP contribution in [0.1, 0.15) is 12.0 Å². The molecule has 0 aromatic heterocycles. The Morgan fingerprint density at radius 2 is 1.83 bits per heavy atom. The van der Waals surface area contributed by atoms with E-state index in [-0.39, 0.29) is 24.4 Å². The van der Waals surface area contributed by atoms with E-state index in [1.807, 2.05) is 42.5 Å². The summed E-state index contributed by atoms with van der Waals surface area (Å²) in [5.74, 6) is -0.539. The fraction of sp³-hybridized carbons (Fsp3) is 0.227. The van der Waals surface area contributed by atoms with Crippen LogP contribution in [-0.2, 0) is 9.59 Å². The minimum Gasteiger partial charge on any atom is -0.465 e. The lowest BCUT2D eigenvalue weighted by molar-refractivity contribution is -0.130. The second-order valence-electron chi connectivity index (χ2n) is 6.92. The first kappa shape index (κ1) is 21.6. The molecule has 2 aromatic carbocycles. The molecule has 1 fully saturated rings. The van der Waals surface area contributed by atoms with Crippen LogP contribution < -0.4 is 10.2 Å². The van der Waals surface area contributed by atoms with Crippen LogP contribution >= 0.6 is 15.9 Å². The van der Waals surface area contributed by atoms with Gasteiger partial charge in [0.1, 0.15) is 6.54 Å². The Morgan fingerprint density at radius 3 is 2.50 bits per heavy atom. The lowest BCUT2D eigenvalue weighted by Crippen LogP contribution is -2.43. The van der Waals surface area contributed by atoms with E-state index in [0.29, 0.717) is 25.2 Å². The smallest absolute Gasteiger partial charge is 0.404 e. The van der Waals surface area contributed by atoms with Crippen LogP contribution in [-0.4, -0.2) is 53.6 Å². The molecule has 1 heterocycles. The molecule has 0 radical (unpaired) electrons. The number of carboxylic acid groups (broad SMARTS) is 1. The standard InChI is InChI=1S/C22H22BrN3O4/c23-17-7-9-19(10-8-17)26(20(27)11-6-16-4-2-1-3-5-16)15-21(28)25-13-12-18(14-25)24-22(29)30/h1-11,18,24H,12-15H2,(H,29,30)/t18-/m0/s1. The van der Waals surface area contributed by atoms with Crippen LogP contribution in [0.2, 0.25) is 0 Å². The number of likely N-dealkylation sites (tertiary alicyclic amines) is 1. The van der Waals surface area contributed by atoms with Gasteiger partial charge in [0, 0.05) is 29.3 Å². The summed E-state index contributed by atoms with van der Waals surface area (Å²) in [6, 6.07) is 16.3. The van der Waals surface area contributed by atoms with E-state index in [9.17, 15) is 14.4 Å². The first-order valence-electron chi connectivity index (χ1n) is 9.50. The average molecular weight is 472 g/mol. The molecule has 1 aliphatic rings. The molecule has 0 bridgehead atoms. The summed E-state index contributed by atoms with van der Waals surface area (Å²) in [6.07, 6.45) is 2.61. The molecule has 0 spiro atoms. The third-order valence-electron chi connectivity index (χ3n) is 4.78. The number of rotatable bonds is 6. The van der Waals surface area contributed by atoms with Crippen molar-refractivity contribution < 1.29 is 19.5 Å². The van der Waals surface area contributed by atoms with Crippen LogP contribution in [0.4, 0.5) is 10.5 Å². The number of anilines is 1. The van der Waals surface area contributed by atoms with E-state index >= 15 is 0 Å². The van der Waals surface area contributed by atoms with Gasteiger partial charge < -0.3 is 15.3 Å². The lowest BCUT2D eigenvalue weighted by Gasteiger charge is -2.24. The zero-order chi connectivity index (χ0) is 21.5. The predicted octanol–water partition coefficient (Wildman–Crippen LogP) is 3.36. The Hall–Kier alpha value is -3.13.